The Kier molecular flexibility index (Phi) is 9.99. The molecule has 0 unspecified atom stereocenters. The Morgan fingerprint density at radius 2 is 1.20 bits per heavy atom. The molecule has 92 valence electrons. The first-order chi connectivity index (χ1) is 7.24. The second-order valence-electron chi connectivity index (χ2n) is 2.72. The van der Waals surface area contributed by atoms with Crippen molar-refractivity contribution in [2.75, 3.05) is 27.4 Å². The van der Waals surface area contributed by atoms with E-state index < -0.39 is 18.1 Å². The van der Waals surface area contributed by atoms with Crippen molar-refractivity contribution in [1.29, 1.82) is 0 Å². The zero-order chi connectivity index (χ0) is 11.6. The van der Waals surface area contributed by atoms with Gasteiger partial charge in [-0.3, -0.25) is 0 Å². The van der Waals surface area contributed by atoms with Gasteiger partial charge in [-0.25, -0.2) is 0 Å². The molecule has 7 heteroatoms. The van der Waals surface area contributed by atoms with Crippen molar-refractivity contribution in [1.82, 2.24) is 0 Å². The van der Waals surface area contributed by atoms with Crippen LogP contribution >= 0.6 is 0 Å². The third-order valence-electron chi connectivity index (χ3n) is 1.40. The Balaban J connectivity index is 3.93. The summed E-state index contributed by atoms with van der Waals surface area (Å²) in [7, 11) is 2.88. The number of hydrogen-bond donors (Lipinski definition) is 0. The van der Waals surface area contributed by atoms with E-state index in [0.717, 1.165) is 12.8 Å². The molecule has 0 amide bonds. The first-order valence-corrected chi connectivity index (χ1v) is 7.51. The Morgan fingerprint density at radius 1 is 0.800 bits per heavy atom. The van der Waals surface area contributed by atoms with E-state index >= 15 is 0 Å². The third kappa shape index (κ3) is 6.60. The van der Waals surface area contributed by atoms with E-state index in [1.807, 2.05) is 13.8 Å². The van der Waals surface area contributed by atoms with Gasteiger partial charge >= 0.3 is 95.6 Å². The van der Waals surface area contributed by atoms with Gasteiger partial charge in [0, 0.05) is 0 Å². The van der Waals surface area contributed by atoms with Gasteiger partial charge in [-0.15, -0.1) is 0 Å². The Hall–Kier alpha value is 0.474. The maximum atomic E-state index is 5.05. The zero-order valence-electron chi connectivity index (χ0n) is 9.78. The number of hydrogen-bond acceptors (Lipinski definition) is 6. The second kappa shape index (κ2) is 9.68. The van der Waals surface area contributed by atoms with Crippen molar-refractivity contribution >= 4 is 0 Å². The van der Waals surface area contributed by atoms with Gasteiger partial charge in [0.25, 0.3) is 0 Å². The van der Waals surface area contributed by atoms with Gasteiger partial charge in [0.1, 0.15) is 0 Å². The predicted octanol–water partition coefficient (Wildman–Crippen LogP) is 1.81. The minimum absolute atomic E-state index is 0.455. The summed E-state index contributed by atoms with van der Waals surface area (Å²) in [5.74, 6) is 0. The van der Waals surface area contributed by atoms with E-state index in [1.54, 1.807) is 0 Å². The SMILES string of the molecule is CCCO[O][Ti]([O]C)([O]C)[O]OCCC. The van der Waals surface area contributed by atoms with Crippen LogP contribution in [-0.2, 0) is 41.5 Å². The average Bonchev–Trinajstić information content (AvgIpc) is 2.28. The van der Waals surface area contributed by atoms with Gasteiger partial charge < -0.3 is 0 Å². The standard InChI is InChI=1S/2C3H8O2.2CH3O.Ti/c2*1-2-3-5-4;2*1-2;/h2*4H,2-3H2,1H3;2*1H3;/q;;2*-1;+4/p-2. The van der Waals surface area contributed by atoms with Gasteiger partial charge in [-0.05, 0) is 0 Å². The van der Waals surface area contributed by atoms with E-state index in [4.69, 9.17) is 23.4 Å². The van der Waals surface area contributed by atoms with E-state index in [-0.39, 0.29) is 0 Å². The van der Waals surface area contributed by atoms with Crippen molar-refractivity contribution in [3.8, 4) is 0 Å². The van der Waals surface area contributed by atoms with E-state index in [0.29, 0.717) is 13.2 Å². The Bertz CT molecular complexity index is 129. The molecule has 0 rings (SSSR count). The van der Waals surface area contributed by atoms with Crippen LogP contribution in [0.4, 0.5) is 0 Å². The molecule has 0 aliphatic heterocycles. The monoisotopic (exact) mass is 260 g/mol. The molecule has 6 nitrogen and oxygen atoms in total. The van der Waals surface area contributed by atoms with Crippen LogP contribution in [-0.4, -0.2) is 27.4 Å². The molecule has 0 aliphatic rings. The van der Waals surface area contributed by atoms with Crippen LogP contribution in [0.5, 0.6) is 0 Å². The summed E-state index contributed by atoms with van der Waals surface area (Å²) in [6, 6.07) is 0. The number of rotatable bonds is 10. The van der Waals surface area contributed by atoms with E-state index in [9.17, 15) is 0 Å². The predicted molar refractivity (Wildman–Crippen MR) is 48.7 cm³/mol. The fraction of sp³-hybridized carbons (Fsp3) is 1.00. The van der Waals surface area contributed by atoms with Gasteiger partial charge in [-0.2, -0.15) is 0 Å². The normalized spacial score (nSPS) is 12.0. The Morgan fingerprint density at radius 3 is 1.47 bits per heavy atom. The van der Waals surface area contributed by atoms with Crippen LogP contribution in [0.25, 0.3) is 0 Å². The van der Waals surface area contributed by atoms with Gasteiger partial charge in [0.05, 0.1) is 0 Å². The molecule has 0 spiro atoms. The molecule has 0 aliphatic carbocycles. The zero-order valence-corrected chi connectivity index (χ0v) is 11.3. The summed E-state index contributed by atoms with van der Waals surface area (Å²) in [5.41, 5.74) is 0. The summed E-state index contributed by atoms with van der Waals surface area (Å²) >= 11 is -3.79. The van der Waals surface area contributed by atoms with Crippen LogP contribution in [0.3, 0.4) is 0 Å². The van der Waals surface area contributed by atoms with Crippen LogP contribution in [0, 0.1) is 0 Å². The average molecular weight is 260 g/mol. The van der Waals surface area contributed by atoms with Gasteiger partial charge in [0.2, 0.25) is 0 Å². The molecule has 0 N–H and O–H groups in total. The Labute approximate surface area is 95.9 Å². The summed E-state index contributed by atoms with van der Waals surface area (Å²) in [6.07, 6.45) is 1.67. The molecule has 0 fully saturated rings. The first-order valence-electron chi connectivity index (χ1n) is 4.96. The fourth-order valence-corrected chi connectivity index (χ4v) is 2.07. The van der Waals surface area contributed by atoms with Crippen LogP contribution in [0.2, 0.25) is 0 Å². The quantitative estimate of drug-likeness (QED) is 0.258. The second-order valence-corrected chi connectivity index (χ2v) is 6.08. The molecule has 15 heavy (non-hydrogen) atoms. The maximum absolute atomic E-state index is 5.05. The molecular formula is C8H20O6Ti. The van der Waals surface area contributed by atoms with E-state index in [2.05, 4.69) is 0 Å². The molecule has 0 atom stereocenters. The van der Waals surface area contributed by atoms with Gasteiger partial charge in [-0.1, -0.05) is 0 Å². The molecular weight excluding hydrogens is 240 g/mol. The van der Waals surface area contributed by atoms with Crippen molar-refractivity contribution in [3.63, 3.8) is 0 Å². The molecule has 0 aromatic heterocycles. The van der Waals surface area contributed by atoms with Gasteiger partial charge in [0.15, 0.2) is 0 Å². The van der Waals surface area contributed by atoms with Crippen LogP contribution in [0.15, 0.2) is 0 Å². The summed E-state index contributed by atoms with van der Waals surface area (Å²) in [4.78, 5) is 9.78. The molecule has 0 saturated carbocycles. The minimum atomic E-state index is -3.79. The van der Waals surface area contributed by atoms with Crippen molar-refractivity contribution in [2.45, 2.75) is 26.7 Å². The van der Waals surface area contributed by atoms with Crippen molar-refractivity contribution < 1.29 is 41.5 Å². The fourth-order valence-electron chi connectivity index (χ4n) is 0.628. The summed E-state index contributed by atoms with van der Waals surface area (Å²) < 4.78 is 20.1. The molecule has 0 radical (unpaired) electrons. The third-order valence-corrected chi connectivity index (χ3v) is 3.96. The van der Waals surface area contributed by atoms with Crippen molar-refractivity contribution in [3.05, 3.63) is 0 Å². The molecule has 0 aromatic carbocycles. The van der Waals surface area contributed by atoms with Crippen LogP contribution in [0.1, 0.15) is 26.7 Å². The van der Waals surface area contributed by atoms with Crippen molar-refractivity contribution in [2.24, 2.45) is 0 Å². The summed E-state index contributed by atoms with van der Waals surface area (Å²) in [6.45, 7) is 4.84. The molecule has 0 saturated heterocycles. The molecule has 0 aromatic rings. The van der Waals surface area contributed by atoms with Crippen LogP contribution < -0.4 is 0 Å². The van der Waals surface area contributed by atoms with E-state index in [1.165, 1.54) is 14.2 Å². The summed E-state index contributed by atoms with van der Waals surface area (Å²) in [5, 5.41) is 0. The topological polar surface area (TPSA) is 55.4 Å². The molecule has 0 bridgehead atoms. The first kappa shape index (κ1) is 15.5. The molecule has 0 heterocycles.